The van der Waals surface area contributed by atoms with Gasteiger partial charge < -0.3 is 17.0 Å². The largest absolute Gasteiger partial charge is 0.376 e. The van der Waals surface area contributed by atoms with Crippen LogP contribution in [0.1, 0.15) is 20.3 Å². The van der Waals surface area contributed by atoms with E-state index in [1.807, 2.05) is 6.92 Å². The van der Waals surface area contributed by atoms with Crippen LogP contribution in [-0.2, 0) is 0 Å². The van der Waals surface area contributed by atoms with Gasteiger partial charge in [-0.2, -0.15) is 0 Å². The summed E-state index contributed by atoms with van der Waals surface area (Å²) in [5, 5.41) is 8.60. The Morgan fingerprint density at radius 2 is 1.75 bits per heavy atom. The van der Waals surface area contributed by atoms with Crippen LogP contribution in [-0.4, -0.2) is 10.8 Å². The fraction of sp³-hybridized carbons (Fsp3) is 1.00. The highest BCUT2D eigenvalue weighted by molar-refractivity contribution is 5.85. The van der Waals surface area contributed by atoms with Gasteiger partial charge in [-0.3, -0.25) is 0 Å². The molecular formula is C4H15ClN2O. The smallest absolute Gasteiger partial charge is 0.110 e. The number of rotatable bonds is 1. The Kier molecular flexibility index (Phi) is 10.4. The van der Waals surface area contributed by atoms with Crippen LogP contribution in [0.3, 0.4) is 0 Å². The van der Waals surface area contributed by atoms with Gasteiger partial charge in [-0.25, -0.2) is 0 Å². The third-order valence-corrected chi connectivity index (χ3v) is 0.716. The lowest BCUT2D eigenvalue weighted by molar-refractivity contribution is 0.0632. The first-order valence-corrected chi connectivity index (χ1v) is 2.07. The second kappa shape index (κ2) is 5.31. The molecule has 0 aromatic carbocycles. The van der Waals surface area contributed by atoms with Gasteiger partial charge in [-0.15, -0.1) is 12.4 Å². The predicted molar refractivity (Wildman–Crippen MR) is 37.4 cm³/mol. The summed E-state index contributed by atoms with van der Waals surface area (Å²) in [4.78, 5) is 0. The fourth-order valence-corrected chi connectivity index (χ4v) is 0. The second-order valence-corrected chi connectivity index (χ2v) is 1.71. The van der Waals surface area contributed by atoms with Crippen LogP contribution in [0.2, 0.25) is 0 Å². The Bertz CT molecular complexity index is 43.8. The number of nitrogens with two attached hydrogens (primary N) is 1. The van der Waals surface area contributed by atoms with Gasteiger partial charge in [0.1, 0.15) is 5.72 Å². The maximum atomic E-state index is 8.60. The maximum absolute atomic E-state index is 8.60. The van der Waals surface area contributed by atoms with Crippen molar-refractivity contribution in [2.45, 2.75) is 26.0 Å². The van der Waals surface area contributed by atoms with Gasteiger partial charge in [-0.1, -0.05) is 6.92 Å². The molecule has 3 nitrogen and oxygen atoms in total. The molecule has 6 N–H and O–H groups in total. The molecule has 0 aliphatic carbocycles. The Morgan fingerprint density at radius 1 is 1.62 bits per heavy atom. The van der Waals surface area contributed by atoms with E-state index >= 15 is 0 Å². The van der Waals surface area contributed by atoms with Crippen LogP contribution >= 0.6 is 12.4 Å². The zero-order valence-electron chi connectivity index (χ0n) is 5.35. The van der Waals surface area contributed by atoms with Gasteiger partial charge in [0.2, 0.25) is 0 Å². The SMILES string of the molecule is CCC(C)(N)O.Cl.N. The molecule has 0 fully saturated rings. The van der Waals surface area contributed by atoms with E-state index < -0.39 is 5.72 Å². The van der Waals surface area contributed by atoms with E-state index in [1.165, 1.54) is 0 Å². The highest BCUT2D eigenvalue weighted by Crippen LogP contribution is 1.94. The molecule has 0 heterocycles. The van der Waals surface area contributed by atoms with E-state index in [0.29, 0.717) is 6.42 Å². The Labute approximate surface area is 56.3 Å². The van der Waals surface area contributed by atoms with E-state index in [0.717, 1.165) is 0 Å². The molecule has 1 unspecified atom stereocenters. The van der Waals surface area contributed by atoms with E-state index in [4.69, 9.17) is 10.8 Å². The van der Waals surface area contributed by atoms with E-state index in [2.05, 4.69) is 0 Å². The monoisotopic (exact) mass is 142 g/mol. The summed E-state index contributed by atoms with van der Waals surface area (Å²) in [5.74, 6) is 0. The summed E-state index contributed by atoms with van der Waals surface area (Å²) >= 11 is 0. The molecule has 0 aromatic rings. The number of halogens is 1. The molecule has 0 saturated carbocycles. The minimum atomic E-state index is -0.958. The molecule has 0 aromatic heterocycles. The van der Waals surface area contributed by atoms with Crippen molar-refractivity contribution in [2.24, 2.45) is 5.73 Å². The molecular weight excluding hydrogens is 128 g/mol. The van der Waals surface area contributed by atoms with Gasteiger partial charge in [-0.05, 0) is 13.3 Å². The van der Waals surface area contributed by atoms with Crippen molar-refractivity contribution < 1.29 is 5.11 Å². The Morgan fingerprint density at radius 3 is 1.75 bits per heavy atom. The number of aliphatic hydroxyl groups is 1. The van der Waals surface area contributed by atoms with E-state index in [1.54, 1.807) is 6.92 Å². The number of hydrogen-bond acceptors (Lipinski definition) is 3. The van der Waals surface area contributed by atoms with Crippen LogP contribution in [0.5, 0.6) is 0 Å². The molecule has 0 saturated heterocycles. The lowest BCUT2D eigenvalue weighted by Crippen LogP contribution is -2.34. The van der Waals surface area contributed by atoms with Crippen LogP contribution in [0.15, 0.2) is 0 Å². The Balaban J connectivity index is -0.000000125. The topological polar surface area (TPSA) is 81.2 Å². The van der Waals surface area contributed by atoms with Gasteiger partial charge in [0, 0.05) is 0 Å². The molecule has 1 atom stereocenters. The predicted octanol–water partition coefficient (Wildman–Crippen LogP) is 0.647. The first-order valence-electron chi connectivity index (χ1n) is 2.07. The van der Waals surface area contributed by atoms with Gasteiger partial charge >= 0.3 is 0 Å². The summed E-state index contributed by atoms with van der Waals surface area (Å²) in [6.07, 6.45) is 0.604. The summed E-state index contributed by atoms with van der Waals surface area (Å²) < 4.78 is 0. The molecule has 0 aliphatic rings. The zero-order chi connectivity index (χ0) is 5.21. The average molecular weight is 143 g/mol. The van der Waals surface area contributed by atoms with Crippen LogP contribution in [0.25, 0.3) is 0 Å². The zero-order valence-corrected chi connectivity index (χ0v) is 6.16. The Hall–Kier alpha value is 0.170. The summed E-state index contributed by atoms with van der Waals surface area (Å²) in [7, 11) is 0. The van der Waals surface area contributed by atoms with Crippen molar-refractivity contribution in [3.63, 3.8) is 0 Å². The third-order valence-electron chi connectivity index (χ3n) is 0.716. The van der Waals surface area contributed by atoms with Crippen molar-refractivity contribution >= 4 is 12.4 Å². The number of hydrogen-bond donors (Lipinski definition) is 3. The van der Waals surface area contributed by atoms with E-state index in [9.17, 15) is 0 Å². The highest BCUT2D eigenvalue weighted by atomic mass is 35.5. The van der Waals surface area contributed by atoms with Crippen molar-refractivity contribution in [3.05, 3.63) is 0 Å². The second-order valence-electron chi connectivity index (χ2n) is 1.71. The molecule has 4 heteroatoms. The van der Waals surface area contributed by atoms with Crippen molar-refractivity contribution in [3.8, 4) is 0 Å². The lowest BCUT2D eigenvalue weighted by atomic mass is 10.2. The van der Waals surface area contributed by atoms with Crippen molar-refractivity contribution in [1.29, 1.82) is 0 Å². The first-order chi connectivity index (χ1) is 2.56. The van der Waals surface area contributed by atoms with E-state index in [-0.39, 0.29) is 18.6 Å². The first kappa shape index (κ1) is 15.7. The molecule has 0 bridgehead atoms. The third kappa shape index (κ3) is 16.4. The van der Waals surface area contributed by atoms with Gasteiger partial charge in [0.05, 0.1) is 0 Å². The van der Waals surface area contributed by atoms with Crippen LogP contribution < -0.4 is 11.9 Å². The minimum Gasteiger partial charge on any atom is -0.376 e. The molecule has 0 amide bonds. The highest BCUT2D eigenvalue weighted by Gasteiger charge is 2.06. The van der Waals surface area contributed by atoms with Crippen LogP contribution in [0, 0.1) is 0 Å². The lowest BCUT2D eigenvalue weighted by Gasteiger charge is -2.11. The standard InChI is InChI=1S/C4H11NO.ClH.H3N/c1-3-4(2,5)6;;/h6H,3,5H2,1-2H3;1H;1H3. The fourth-order valence-electron chi connectivity index (χ4n) is 0. The molecule has 54 valence electrons. The normalized spacial score (nSPS) is 15.0. The molecule has 8 heavy (non-hydrogen) atoms. The molecule has 0 aliphatic heterocycles. The summed E-state index contributed by atoms with van der Waals surface area (Å²) in [6, 6.07) is 0. The van der Waals surface area contributed by atoms with Crippen LogP contribution in [0.4, 0.5) is 0 Å². The average Bonchev–Trinajstić information content (AvgIpc) is 1.35. The molecule has 0 radical (unpaired) electrons. The molecule has 0 rings (SSSR count). The van der Waals surface area contributed by atoms with Crippen molar-refractivity contribution in [2.75, 3.05) is 0 Å². The summed E-state index contributed by atoms with van der Waals surface area (Å²) in [6.45, 7) is 3.41. The van der Waals surface area contributed by atoms with Gasteiger partial charge in [0.15, 0.2) is 0 Å². The minimum absolute atomic E-state index is 0. The quantitative estimate of drug-likeness (QED) is 0.470. The van der Waals surface area contributed by atoms with Gasteiger partial charge in [0.25, 0.3) is 0 Å². The summed E-state index contributed by atoms with van der Waals surface area (Å²) in [5.41, 5.74) is 4.13. The maximum Gasteiger partial charge on any atom is 0.110 e. The molecule has 0 spiro atoms. The van der Waals surface area contributed by atoms with Crippen molar-refractivity contribution in [1.82, 2.24) is 6.15 Å².